The number of hydrogen-bond donors (Lipinski definition) is 1. The average molecular weight is 249 g/mol. The van der Waals surface area contributed by atoms with Gasteiger partial charge in [0.25, 0.3) is 5.69 Å². The van der Waals surface area contributed by atoms with Gasteiger partial charge in [0, 0.05) is 19.2 Å². The van der Waals surface area contributed by atoms with E-state index in [9.17, 15) is 10.1 Å². The van der Waals surface area contributed by atoms with Crippen LogP contribution < -0.4 is 5.32 Å². The molecule has 1 heterocycles. The first kappa shape index (κ1) is 12.8. The highest BCUT2D eigenvalue weighted by molar-refractivity contribution is 5.62. The minimum absolute atomic E-state index is 0.155. The van der Waals surface area contributed by atoms with Gasteiger partial charge >= 0.3 is 0 Å². The van der Waals surface area contributed by atoms with Gasteiger partial charge in [-0.05, 0) is 44.5 Å². The molecule has 5 nitrogen and oxygen atoms in total. The van der Waals surface area contributed by atoms with Crippen molar-refractivity contribution < 1.29 is 4.92 Å². The van der Waals surface area contributed by atoms with Gasteiger partial charge in [-0.3, -0.25) is 15.0 Å². The van der Waals surface area contributed by atoms with Gasteiger partial charge in [0.05, 0.1) is 4.92 Å². The third-order valence-electron chi connectivity index (χ3n) is 3.23. The molecule has 5 heteroatoms. The molecule has 2 rings (SSSR count). The number of likely N-dealkylation sites (tertiary alicyclic amines) is 1. The average Bonchev–Trinajstić information content (AvgIpc) is 2.82. The molecule has 1 aliphatic rings. The number of rotatable bonds is 5. The van der Waals surface area contributed by atoms with E-state index in [0.29, 0.717) is 12.2 Å². The van der Waals surface area contributed by atoms with E-state index in [4.69, 9.17) is 0 Å². The van der Waals surface area contributed by atoms with Crippen molar-refractivity contribution in [3.05, 3.63) is 33.9 Å². The van der Waals surface area contributed by atoms with E-state index in [-0.39, 0.29) is 10.6 Å². The van der Waals surface area contributed by atoms with Crippen LogP contribution in [0.2, 0.25) is 0 Å². The largest absolute Gasteiger partial charge is 0.380 e. The molecular formula is C13H19N3O2. The van der Waals surface area contributed by atoms with Crippen LogP contribution in [0.15, 0.2) is 18.2 Å². The van der Waals surface area contributed by atoms with Gasteiger partial charge in [0.1, 0.15) is 5.69 Å². The fourth-order valence-corrected chi connectivity index (χ4v) is 2.37. The zero-order chi connectivity index (χ0) is 13.0. The fourth-order valence-electron chi connectivity index (χ4n) is 2.37. The van der Waals surface area contributed by atoms with Gasteiger partial charge in [-0.25, -0.2) is 0 Å². The highest BCUT2D eigenvalue weighted by Crippen LogP contribution is 2.26. The van der Waals surface area contributed by atoms with E-state index in [1.54, 1.807) is 6.07 Å². The van der Waals surface area contributed by atoms with Crippen molar-refractivity contribution in [3.8, 4) is 0 Å². The zero-order valence-corrected chi connectivity index (χ0v) is 10.7. The number of nitro groups is 1. The smallest absolute Gasteiger partial charge is 0.292 e. The summed E-state index contributed by atoms with van der Waals surface area (Å²) in [5, 5.41) is 14.0. The van der Waals surface area contributed by atoms with Crippen molar-refractivity contribution in [1.82, 2.24) is 4.90 Å². The maximum atomic E-state index is 10.9. The lowest BCUT2D eigenvalue weighted by atomic mass is 10.1. The number of benzene rings is 1. The SMILES string of the molecule is CCNc1cc(CN2CCCC2)ccc1[N+](=O)[O-]. The molecule has 0 radical (unpaired) electrons. The summed E-state index contributed by atoms with van der Waals surface area (Å²) in [6.45, 7) is 5.78. The standard InChI is InChI=1S/C13H19N3O2/c1-2-14-12-9-11(5-6-13(12)16(17)18)10-15-7-3-4-8-15/h5-6,9,14H,2-4,7-8,10H2,1H3. The molecular weight excluding hydrogens is 230 g/mol. The molecule has 0 bridgehead atoms. The van der Waals surface area contributed by atoms with Crippen LogP contribution in [0.5, 0.6) is 0 Å². The van der Waals surface area contributed by atoms with Gasteiger partial charge < -0.3 is 5.32 Å². The van der Waals surface area contributed by atoms with E-state index >= 15 is 0 Å². The second-order valence-corrected chi connectivity index (χ2v) is 4.62. The molecule has 1 aliphatic heterocycles. The van der Waals surface area contributed by atoms with Crippen molar-refractivity contribution in [2.75, 3.05) is 25.0 Å². The van der Waals surface area contributed by atoms with Gasteiger partial charge in [-0.15, -0.1) is 0 Å². The minimum Gasteiger partial charge on any atom is -0.380 e. The van der Waals surface area contributed by atoms with Gasteiger partial charge in [-0.1, -0.05) is 6.07 Å². The van der Waals surface area contributed by atoms with Crippen molar-refractivity contribution in [1.29, 1.82) is 0 Å². The van der Waals surface area contributed by atoms with Crippen LogP contribution in [0.4, 0.5) is 11.4 Å². The summed E-state index contributed by atoms with van der Waals surface area (Å²) in [5.41, 5.74) is 1.92. The van der Waals surface area contributed by atoms with Gasteiger partial charge in [0.2, 0.25) is 0 Å². The monoisotopic (exact) mass is 249 g/mol. The molecule has 0 amide bonds. The first-order chi connectivity index (χ1) is 8.70. The first-order valence-electron chi connectivity index (χ1n) is 6.44. The van der Waals surface area contributed by atoms with Crippen LogP contribution in [0.25, 0.3) is 0 Å². The molecule has 1 aromatic rings. The third-order valence-corrected chi connectivity index (χ3v) is 3.23. The molecule has 0 saturated carbocycles. The topological polar surface area (TPSA) is 58.4 Å². The van der Waals surface area contributed by atoms with E-state index in [1.165, 1.54) is 12.8 Å². The Bertz CT molecular complexity index is 428. The summed E-state index contributed by atoms with van der Waals surface area (Å²) in [6, 6.07) is 5.36. The van der Waals surface area contributed by atoms with Crippen molar-refractivity contribution in [2.24, 2.45) is 0 Å². The molecule has 1 aromatic carbocycles. The zero-order valence-electron chi connectivity index (χ0n) is 10.7. The molecule has 18 heavy (non-hydrogen) atoms. The maximum Gasteiger partial charge on any atom is 0.292 e. The van der Waals surface area contributed by atoms with Crippen LogP contribution in [0, 0.1) is 10.1 Å². The van der Waals surface area contributed by atoms with Crippen molar-refractivity contribution >= 4 is 11.4 Å². The number of nitrogens with one attached hydrogen (secondary N) is 1. The Hall–Kier alpha value is -1.62. The summed E-state index contributed by atoms with van der Waals surface area (Å²) in [4.78, 5) is 13.0. The second kappa shape index (κ2) is 5.82. The predicted octanol–water partition coefficient (Wildman–Crippen LogP) is 2.62. The molecule has 1 saturated heterocycles. The van der Waals surface area contributed by atoms with Crippen molar-refractivity contribution in [2.45, 2.75) is 26.3 Å². The summed E-state index contributed by atoms with van der Waals surface area (Å²) < 4.78 is 0. The number of hydrogen-bond acceptors (Lipinski definition) is 4. The molecule has 0 spiro atoms. The van der Waals surface area contributed by atoms with E-state index in [0.717, 1.165) is 25.2 Å². The third kappa shape index (κ3) is 2.98. The minimum atomic E-state index is -0.336. The Labute approximate surface area is 107 Å². The normalized spacial score (nSPS) is 15.8. The van der Waals surface area contributed by atoms with Crippen LogP contribution in [-0.2, 0) is 6.54 Å². The Kier molecular flexibility index (Phi) is 4.15. The van der Waals surface area contributed by atoms with Gasteiger partial charge in [0.15, 0.2) is 0 Å². The summed E-state index contributed by atoms with van der Waals surface area (Å²) in [7, 11) is 0. The summed E-state index contributed by atoms with van der Waals surface area (Å²) in [5.74, 6) is 0. The van der Waals surface area contributed by atoms with Crippen LogP contribution in [0.3, 0.4) is 0 Å². The fraction of sp³-hybridized carbons (Fsp3) is 0.538. The Morgan fingerprint density at radius 3 is 2.72 bits per heavy atom. The number of anilines is 1. The predicted molar refractivity (Wildman–Crippen MR) is 71.8 cm³/mol. The lowest BCUT2D eigenvalue weighted by molar-refractivity contribution is -0.384. The van der Waals surface area contributed by atoms with Crippen LogP contribution in [-0.4, -0.2) is 29.5 Å². The highest BCUT2D eigenvalue weighted by atomic mass is 16.6. The van der Waals surface area contributed by atoms with Gasteiger partial charge in [-0.2, -0.15) is 0 Å². The quantitative estimate of drug-likeness (QED) is 0.643. The highest BCUT2D eigenvalue weighted by Gasteiger charge is 2.16. The Morgan fingerprint density at radius 1 is 1.39 bits per heavy atom. The number of nitro benzene ring substituents is 1. The van der Waals surface area contributed by atoms with E-state index in [1.807, 2.05) is 19.1 Å². The number of nitrogens with zero attached hydrogens (tertiary/aromatic N) is 2. The van der Waals surface area contributed by atoms with E-state index in [2.05, 4.69) is 10.2 Å². The molecule has 0 atom stereocenters. The molecule has 0 aliphatic carbocycles. The lowest BCUT2D eigenvalue weighted by Gasteiger charge is -2.15. The lowest BCUT2D eigenvalue weighted by Crippen LogP contribution is -2.18. The Balaban J connectivity index is 2.16. The molecule has 0 unspecified atom stereocenters. The van der Waals surface area contributed by atoms with Crippen molar-refractivity contribution in [3.63, 3.8) is 0 Å². The van der Waals surface area contributed by atoms with E-state index < -0.39 is 0 Å². The molecule has 1 fully saturated rings. The first-order valence-corrected chi connectivity index (χ1v) is 6.44. The summed E-state index contributed by atoms with van der Waals surface area (Å²) in [6.07, 6.45) is 2.51. The maximum absolute atomic E-state index is 10.9. The molecule has 1 N–H and O–H groups in total. The van der Waals surface area contributed by atoms with Crippen LogP contribution in [0.1, 0.15) is 25.3 Å². The Morgan fingerprint density at radius 2 is 2.11 bits per heavy atom. The summed E-state index contributed by atoms with van der Waals surface area (Å²) >= 11 is 0. The molecule has 98 valence electrons. The second-order valence-electron chi connectivity index (χ2n) is 4.62. The van der Waals surface area contributed by atoms with Crippen LogP contribution >= 0.6 is 0 Å². The molecule has 0 aromatic heterocycles.